The molecular weight excluding hydrogens is 512 g/mol. The van der Waals surface area contributed by atoms with Crippen molar-refractivity contribution in [3.63, 3.8) is 0 Å². The molecule has 8 heteroatoms. The molecule has 5 rings (SSSR count). The molecule has 0 saturated heterocycles. The summed E-state index contributed by atoms with van der Waals surface area (Å²) in [6.07, 6.45) is 7.76. The van der Waals surface area contributed by atoms with Crippen LogP contribution < -0.4 is 5.43 Å². The van der Waals surface area contributed by atoms with Gasteiger partial charge < -0.3 is 4.42 Å². The minimum atomic E-state index is -0.00617. The van der Waals surface area contributed by atoms with Gasteiger partial charge in [-0.3, -0.25) is 14.7 Å². The zero-order valence-corrected chi connectivity index (χ0v) is 19.0. The highest BCUT2D eigenvalue weighted by molar-refractivity contribution is 9.11. The summed E-state index contributed by atoms with van der Waals surface area (Å²) >= 11 is 6.90. The first-order chi connectivity index (χ1) is 14.6. The predicted octanol–water partition coefficient (Wildman–Crippen LogP) is 4.73. The van der Waals surface area contributed by atoms with Gasteiger partial charge in [0.05, 0.1) is 21.8 Å². The standard InChI is InChI=1S/C22H16Br2N4O2/c23-16-7-17-20(29)15(12-30-21(17)18(24)8-16)11-28-6-3-19-14(10-28)9-26-22(27-19)13-1-4-25-5-2-13/h1-2,4-5,7-9,12H,3,6,10-11H2. The largest absolute Gasteiger partial charge is 0.463 e. The first-order valence-electron chi connectivity index (χ1n) is 9.45. The zero-order valence-electron chi connectivity index (χ0n) is 15.8. The van der Waals surface area contributed by atoms with Crippen LogP contribution in [-0.4, -0.2) is 26.4 Å². The molecule has 6 nitrogen and oxygen atoms in total. The lowest BCUT2D eigenvalue weighted by Crippen LogP contribution is -2.32. The van der Waals surface area contributed by atoms with Crippen molar-refractivity contribution in [3.8, 4) is 11.4 Å². The van der Waals surface area contributed by atoms with Crippen molar-refractivity contribution >= 4 is 42.8 Å². The second kappa shape index (κ2) is 8.02. The highest BCUT2D eigenvalue weighted by Crippen LogP contribution is 2.27. The number of aromatic nitrogens is 3. The molecule has 1 aliphatic heterocycles. The van der Waals surface area contributed by atoms with Gasteiger partial charge in [0.2, 0.25) is 0 Å². The number of pyridine rings is 1. The van der Waals surface area contributed by atoms with Gasteiger partial charge in [-0.25, -0.2) is 9.97 Å². The minimum Gasteiger partial charge on any atom is -0.463 e. The summed E-state index contributed by atoms with van der Waals surface area (Å²) in [7, 11) is 0. The molecule has 0 radical (unpaired) electrons. The van der Waals surface area contributed by atoms with Crippen LogP contribution in [0.1, 0.15) is 16.8 Å². The Balaban J connectivity index is 1.39. The van der Waals surface area contributed by atoms with E-state index in [2.05, 4.69) is 46.7 Å². The van der Waals surface area contributed by atoms with E-state index in [0.29, 0.717) is 29.6 Å². The molecule has 1 aliphatic rings. The fraction of sp³-hybridized carbons (Fsp3) is 0.182. The van der Waals surface area contributed by atoms with Crippen molar-refractivity contribution in [2.75, 3.05) is 6.54 Å². The van der Waals surface area contributed by atoms with E-state index in [0.717, 1.165) is 44.6 Å². The number of rotatable bonds is 3. The smallest absolute Gasteiger partial charge is 0.197 e. The van der Waals surface area contributed by atoms with E-state index < -0.39 is 0 Å². The Morgan fingerprint density at radius 3 is 2.83 bits per heavy atom. The average molecular weight is 528 g/mol. The highest BCUT2D eigenvalue weighted by Gasteiger charge is 2.21. The summed E-state index contributed by atoms with van der Waals surface area (Å²) in [5.41, 5.74) is 4.31. The fourth-order valence-corrected chi connectivity index (χ4v) is 5.02. The van der Waals surface area contributed by atoms with E-state index in [1.54, 1.807) is 24.7 Å². The molecule has 0 aliphatic carbocycles. The topological polar surface area (TPSA) is 72.1 Å². The number of benzene rings is 1. The minimum absolute atomic E-state index is 0.00617. The molecule has 0 atom stereocenters. The molecule has 0 amide bonds. The Bertz CT molecular complexity index is 1310. The van der Waals surface area contributed by atoms with Crippen molar-refractivity contribution < 1.29 is 4.42 Å². The van der Waals surface area contributed by atoms with Crippen molar-refractivity contribution in [1.29, 1.82) is 0 Å². The molecule has 0 N–H and O–H groups in total. The maximum absolute atomic E-state index is 13.0. The molecule has 3 aromatic heterocycles. The van der Waals surface area contributed by atoms with Crippen LogP contribution >= 0.6 is 31.9 Å². The molecule has 4 heterocycles. The maximum atomic E-state index is 13.0. The molecule has 0 spiro atoms. The number of nitrogens with zero attached hydrogens (tertiary/aromatic N) is 4. The number of fused-ring (bicyclic) bond motifs is 2. The molecule has 0 fully saturated rings. The Morgan fingerprint density at radius 1 is 1.17 bits per heavy atom. The molecule has 0 bridgehead atoms. The fourth-order valence-electron chi connectivity index (χ4n) is 3.70. The molecule has 0 saturated carbocycles. The van der Waals surface area contributed by atoms with E-state index in [1.165, 1.54) is 0 Å². The van der Waals surface area contributed by atoms with E-state index in [1.807, 2.05) is 24.4 Å². The van der Waals surface area contributed by atoms with Gasteiger partial charge in [0.25, 0.3) is 0 Å². The lowest BCUT2D eigenvalue weighted by molar-refractivity contribution is 0.240. The van der Waals surface area contributed by atoms with Crippen LogP contribution in [0.15, 0.2) is 67.3 Å². The number of hydrogen-bond donors (Lipinski definition) is 0. The Morgan fingerprint density at radius 2 is 2.00 bits per heavy atom. The van der Waals surface area contributed by atoms with Gasteiger partial charge in [0.15, 0.2) is 16.8 Å². The quantitative estimate of drug-likeness (QED) is 0.383. The van der Waals surface area contributed by atoms with Crippen LogP contribution in [0.5, 0.6) is 0 Å². The van der Waals surface area contributed by atoms with Gasteiger partial charge in [0, 0.05) is 65.8 Å². The lowest BCUT2D eigenvalue weighted by atomic mass is 10.1. The summed E-state index contributed by atoms with van der Waals surface area (Å²) in [4.78, 5) is 28.5. The number of hydrogen-bond acceptors (Lipinski definition) is 6. The normalized spacial score (nSPS) is 14.1. The maximum Gasteiger partial charge on any atom is 0.197 e. The van der Waals surface area contributed by atoms with Crippen LogP contribution in [0.3, 0.4) is 0 Å². The first kappa shape index (κ1) is 19.5. The van der Waals surface area contributed by atoms with Crippen LogP contribution in [0, 0.1) is 0 Å². The third-order valence-electron chi connectivity index (χ3n) is 5.21. The van der Waals surface area contributed by atoms with Crippen molar-refractivity contribution in [2.24, 2.45) is 0 Å². The molecule has 4 aromatic rings. The second-order valence-corrected chi connectivity index (χ2v) is 8.99. The van der Waals surface area contributed by atoms with Crippen molar-refractivity contribution in [2.45, 2.75) is 19.5 Å². The molecule has 0 unspecified atom stereocenters. The lowest BCUT2D eigenvalue weighted by Gasteiger charge is -2.27. The van der Waals surface area contributed by atoms with Gasteiger partial charge in [0.1, 0.15) is 0 Å². The third-order valence-corrected chi connectivity index (χ3v) is 6.26. The molecule has 150 valence electrons. The van der Waals surface area contributed by atoms with Gasteiger partial charge in [-0.05, 0) is 40.2 Å². The summed E-state index contributed by atoms with van der Waals surface area (Å²) in [6.45, 7) is 2.04. The third kappa shape index (κ3) is 3.71. The van der Waals surface area contributed by atoms with Crippen LogP contribution in [-0.2, 0) is 19.5 Å². The molecular formula is C22H16Br2N4O2. The van der Waals surface area contributed by atoms with E-state index in [-0.39, 0.29) is 5.43 Å². The van der Waals surface area contributed by atoms with Gasteiger partial charge >= 0.3 is 0 Å². The molecule has 30 heavy (non-hydrogen) atoms. The summed E-state index contributed by atoms with van der Waals surface area (Å²) in [6, 6.07) is 7.49. The van der Waals surface area contributed by atoms with Crippen LogP contribution in [0.25, 0.3) is 22.4 Å². The van der Waals surface area contributed by atoms with Crippen molar-refractivity contribution in [1.82, 2.24) is 19.9 Å². The summed E-state index contributed by atoms with van der Waals surface area (Å²) in [5.74, 6) is 0.718. The first-order valence-corrected chi connectivity index (χ1v) is 11.0. The van der Waals surface area contributed by atoms with Crippen LogP contribution in [0.2, 0.25) is 0 Å². The Labute approximate surface area is 189 Å². The summed E-state index contributed by atoms with van der Waals surface area (Å²) in [5, 5.41) is 0.566. The Kier molecular flexibility index (Phi) is 5.22. The van der Waals surface area contributed by atoms with Gasteiger partial charge in [-0.15, -0.1) is 0 Å². The van der Waals surface area contributed by atoms with Crippen molar-refractivity contribution in [3.05, 3.63) is 85.1 Å². The number of halogens is 2. The zero-order chi connectivity index (χ0) is 20.7. The van der Waals surface area contributed by atoms with Gasteiger partial charge in [-0.2, -0.15) is 0 Å². The van der Waals surface area contributed by atoms with Gasteiger partial charge in [-0.1, -0.05) is 15.9 Å². The van der Waals surface area contributed by atoms with E-state index >= 15 is 0 Å². The second-order valence-electron chi connectivity index (χ2n) is 7.22. The highest BCUT2D eigenvalue weighted by atomic mass is 79.9. The molecule has 1 aromatic carbocycles. The van der Waals surface area contributed by atoms with E-state index in [4.69, 9.17) is 9.40 Å². The van der Waals surface area contributed by atoms with E-state index in [9.17, 15) is 4.79 Å². The predicted molar refractivity (Wildman–Crippen MR) is 121 cm³/mol. The monoisotopic (exact) mass is 526 g/mol. The van der Waals surface area contributed by atoms with Crippen LogP contribution in [0.4, 0.5) is 0 Å². The average Bonchev–Trinajstić information content (AvgIpc) is 2.76. The SMILES string of the molecule is O=c1c(CN2CCc3nc(-c4ccncc4)ncc3C2)coc2c(Br)cc(Br)cc12. The Hall–Kier alpha value is -2.42. The summed E-state index contributed by atoms with van der Waals surface area (Å²) < 4.78 is 7.35.